The van der Waals surface area contributed by atoms with E-state index in [1.54, 1.807) is 6.92 Å². The first-order chi connectivity index (χ1) is 5.75. The number of carbonyl (C=O) groups is 1. The Morgan fingerprint density at radius 1 is 1.17 bits per heavy atom. The van der Waals surface area contributed by atoms with Gasteiger partial charge in [-0.1, -0.05) is 0 Å². The van der Waals surface area contributed by atoms with E-state index in [4.69, 9.17) is 0 Å². The van der Waals surface area contributed by atoms with Crippen molar-refractivity contribution in [2.45, 2.75) is 51.0 Å². The molecule has 2 nitrogen and oxygen atoms in total. The number of nitrogens with zero attached hydrogens (tertiary/aromatic N) is 1. The van der Waals surface area contributed by atoms with Crippen molar-refractivity contribution in [1.82, 2.24) is 4.90 Å². The zero-order valence-electron chi connectivity index (χ0n) is 7.81. The molecule has 1 spiro atoms. The average molecular weight is 167 g/mol. The van der Waals surface area contributed by atoms with Gasteiger partial charge in [0.1, 0.15) is 0 Å². The molecule has 0 radical (unpaired) electrons. The molecule has 1 amide bonds. The topological polar surface area (TPSA) is 20.3 Å². The predicted octanol–water partition coefficient (Wildman–Crippen LogP) is 1.94. The summed E-state index contributed by atoms with van der Waals surface area (Å²) in [6.07, 6.45) is 7.63. The highest BCUT2D eigenvalue weighted by Gasteiger charge is 2.44. The Bertz CT molecular complexity index is 196. The highest BCUT2D eigenvalue weighted by molar-refractivity contribution is 5.74. The first kappa shape index (κ1) is 8.09. The van der Waals surface area contributed by atoms with Crippen molar-refractivity contribution in [3.8, 4) is 0 Å². The number of piperidine rings is 1. The standard InChI is InChI=1S/C10H17NO/c1-9(12)11-8-3-2-5-10(11)6-4-7-10/h2-8H2,1H3. The first-order valence-corrected chi connectivity index (χ1v) is 5.03. The molecule has 0 bridgehead atoms. The van der Waals surface area contributed by atoms with Crippen molar-refractivity contribution in [3.05, 3.63) is 0 Å². The number of rotatable bonds is 0. The Balaban J connectivity index is 2.11. The van der Waals surface area contributed by atoms with Gasteiger partial charge < -0.3 is 4.90 Å². The molecule has 1 aliphatic heterocycles. The van der Waals surface area contributed by atoms with Gasteiger partial charge in [-0.15, -0.1) is 0 Å². The van der Waals surface area contributed by atoms with E-state index < -0.39 is 0 Å². The highest BCUT2D eigenvalue weighted by Crippen LogP contribution is 2.44. The summed E-state index contributed by atoms with van der Waals surface area (Å²) in [6.45, 7) is 2.72. The van der Waals surface area contributed by atoms with Crippen LogP contribution in [-0.2, 0) is 4.79 Å². The molecule has 2 aliphatic rings. The van der Waals surface area contributed by atoms with E-state index in [0.29, 0.717) is 5.54 Å². The Labute approximate surface area is 73.9 Å². The van der Waals surface area contributed by atoms with E-state index in [0.717, 1.165) is 6.54 Å². The summed E-state index contributed by atoms with van der Waals surface area (Å²) in [4.78, 5) is 13.5. The van der Waals surface area contributed by atoms with Gasteiger partial charge in [0.15, 0.2) is 0 Å². The normalized spacial score (nSPS) is 26.9. The van der Waals surface area contributed by atoms with Crippen molar-refractivity contribution in [2.24, 2.45) is 0 Å². The fourth-order valence-corrected chi connectivity index (χ4v) is 2.69. The first-order valence-electron chi connectivity index (χ1n) is 5.03. The van der Waals surface area contributed by atoms with E-state index in [1.807, 2.05) is 0 Å². The van der Waals surface area contributed by atoms with E-state index in [1.165, 1.54) is 38.5 Å². The van der Waals surface area contributed by atoms with Gasteiger partial charge in [0.25, 0.3) is 0 Å². The van der Waals surface area contributed by atoms with E-state index >= 15 is 0 Å². The SMILES string of the molecule is CC(=O)N1CCCCC12CCC2. The van der Waals surface area contributed by atoms with Crippen molar-refractivity contribution in [2.75, 3.05) is 6.54 Å². The predicted molar refractivity (Wildman–Crippen MR) is 47.8 cm³/mol. The van der Waals surface area contributed by atoms with Crippen LogP contribution >= 0.6 is 0 Å². The molecule has 2 heteroatoms. The molecule has 0 atom stereocenters. The van der Waals surface area contributed by atoms with Crippen LogP contribution in [0.1, 0.15) is 45.4 Å². The van der Waals surface area contributed by atoms with Gasteiger partial charge in [0.2, 0.25) is 5.91 Å². The molecule has 0 aromatic rings. The van der Waals surface area contributed by atoms with Gasteiger partial charge in [-0.3, -0.25) is 4.79 Å². The lowest BCUT2D eigenvalue weighted by molar-refractivity contribution is -0.142. The minimum atomic E-state index is 0.286. The second-order valence-corrected chi connectivity index (χ2v) is 4.21. The second kappa shape index (κ2) is 2.75. The number of carbonyl (C=O) groups excluding carboxylic acids is 1. The smallest absolute Gasteiger partial charge is 0.219 e. The molecule has 12 heavy (non-hydrogen) atoms. The molecule has 0 aromatic heterocycles. The van der Waals surface area contributed by atoms with E-state index in [2.05, 4.69) is 4.90 Å². The monoisotopic (exact) mass is 167 g/mol. The molecule has 1 saturated heterocycles. The molecule has 1 heterocycles. The third kappa shape index (κ3) is 1.05. The lowest BCUT2D eigenvalue weighted by atomic mass is 9.70. The van der Waals surface area contributed by atoms with Crippen molar-refractivity contribution in [3.63, 3.8) is 0 Å². The summed E-state index contributed by atoms with van der Waals surface area (Å²) in [5.41, 5.74) is 0.323. The summed E-state index contributed by atoms with van der Waals surface area (Å²) >= 11 is 0. The quantitative estimate of drug-likeness (QED) is 0.540. The molecule has 2 fully saturated rings. The van der Waals surface area contributed by atoms with Crippen LogP contribution in [0.15, 0.2) is 0 Å². The van der Waals surface area contributed by atoms with Crippen molar-refractivity contribution >= 4 is 5.91 Å². The van der Waals surface area contributed by atoms with E-state index in [9.17, 15) is 4.79 Å². The largest absolute Gasteiger partial charge is 0.337 e. The van der Waals surface area contributed by atoms with Crippen molar-refractivity contribution in [1.29, 1.82) is 0 Å². The average Bonchev–Trinajstić information content (AvgIpc) is 2.01. The number of likely N-dealkylation sites (tertiary alicyclic amines) is 1. The zero-order valence-corrected chi connectivity index (χ0v) is 7.81. The Kier molecular flexibility index (Phi) is 1.85. The van der Waals surface area contributed by atoms with Crippen LogP contribution < -0.4 is 0 Å². The maximum Gasteiger partial charge on any atom is 0.219 e. The lowest BCUT2D eigenvalue weighted by Crippen LogP contribution is -2.57. The summed E-state index contributed by atoms with van der Waals surface area (Å²) in [6, 6.07) is 0. The second-order valence-electron chi connectivity index (χ2n) is 4.21. The Morgan fingerprint density at radius 3 is 2.25 bits per heavy atom. The fraction of sp³-hybridized carbons (Fsp3) is 0.900. The zero-order chi connectivity index (χ0) is 8.60. The molecule has 0 unspecified atom stereocenters. The minimum absolute atomic E-state index is 0.286. The fourth-order valence-electron chi connectivity index (χ4n) is 2.69. The molecule has 68 valence electrons. The maximum absolute atomic E-state index is 11.3. The van der Waals surface area contributed by atoms with Crippen LogP contribution in [0.25, 0.3) is 0 Å². The maximum atomic E-state index is 11.3. The van der Waals surface area contributed by atoms with Crippen LogP contribution in [0.3, 0.4) is 0 Å². The van der Waals surface area contributed by atoms with Gasteiger partial charge in [0, 0.05) is 19.0 Å². The molecule has 0 aromatic carbocycles. The summed E-state index contributed by atoms with van der Waals surface area (Å²) in [7, 11) is 0. The number of hydrogen-bond acceptors (Lipinski definition) is 1. The molecule has 1 saturated carbocycles. The van der Waals surface area contributed by atoms with Gasteiger partial charge >= 0.3 is 0 Å². The van der Waals surface area contributed by atoms with E-state index in [-0.39, 0.29) is 5.91 Å². The molecule has 2 rings (SSSR count). The minimum Gasteiger partial charge on any atom is -0.337 e. The van der Waals surface area contributed by atoms with Gasteiger partial charge in [-0.25, -0.2) is 0 Å². The summed E-state index contributed by atoms with van der Waals surface area (Å²) in [5.74, 6) is 0.286. The van der Waals surface area contributed by atoms with Crippen molar-refractivity contribution < 1.29 is 4.79 Å². The summed E-state index contributed by atoms with van der Waals surface area (Å²) in [5, 5.41) is 0. The highest BCUT2D eigenvalue weighted by atomic mass is 16.2. The Morgan fingerprint density at radius 2 is 1.83 bits per heavy atom. The molecule has 1 aliphatic carbocycles. The van der Waals surface area contributed by atoms with Crippen LogP contribution in [-0.4, -0.2) is 22.9 Å². The third-order valence-electron chi connectivity index (χ3n) is 3.51. The van der Waals surface area contributed by atoms with Crippen LogP contribution in [0, 0.1) is 0 Å². The lowest BCUT2D eigenvalue weighted by Gasteiger charge is -2.53. The third-order valence-corrected chi connectivity index (χ3v) is 3.51. The Hall–Kier alpha value is -0.530. The van der Waals surface area contributed by atoms with Crippen LogP contribution in [0.2, 0.25) is 0 Å². The molecular formula is C10H17NO. The van der Waals surface area contributed by atoms with Gasteiger partial charge in [-0.05, 0) is 38.5 Å². The molecular weight excluding hydrogens is 150 g/mol. The van der Waals surface area contributed by atoms with Crippen LogP contribution in [0.5, 0.6) is 0 Å². The molecule has 0 N–H and O–H groups in total. The van der Waals surface area contributed by atoms with Gasteiger partial charge in [-0.2, -0.15) is 0 Å². The van der Waals surface area contributed by atoms with Crippen LogP contribution in [0.4, 0.5) is 0 Å². The number of hydrogen-bond donors (Lipinski definition) is 0. The number of amides is 1. The van der Waals surface area contributed by atoms with Gasteiger partial charge in [0.05, 0.1) is 0 Å². The summed E-state index contributed by atoms with van der Waals surface area (Å²) < 4.78 is 0.